The van der Waals surface area contributed by atoms with Crippen LogP contribution in [0.2, 0.25) is 0 Å². The second-order valence-electron chi connectivity index (χ2n) is 8.71. The van der Waals surface area contributed by atoms with Gasteiger partial charge in [0, 0.05) is 11.3 Å². The number of fused-ring (bicyclic) bond motifs is 1. The SMILES string of the molecule is COc1cc(C(Nc2ccc(C(=N)N)cc2)c2nn(N3CC=CC(=N)C3)c(=O)[nH]2)cc2c1OCCC2. The number of ether oxygens (including phenoxy) is 2. The monoisotopic (exact) mass is 488 g/mol. The molecule has 1 aromatic heterocycles. The number of nitrogen functional groups attached to an aromatic ring is 1. The summed E-state index contributed by atoms with van der Waals surface area (Å²) >= 11 is 0. The third-order valence-electron chi connectivity index (χ3n) is 6.20. The number of hydrogen-bond donors (Lipinski definition) is 5. The fourth-order valence-electron chi connectivity index (χ4n) is 4.44. The van der Waals surface area contributed by atoms with Crippen LogP contribution >= 0.6 is 0 Å². The summed E-state index contributed by atoms with van der Waals surface area (Å²) in [7, 11) is 1.61. The summed E-state index contributed by atoms with van der Waals surface area (Å²) in [6.07, 6.45) is 5.32. The van der Waals surface area contributed by atoms with Crippen molar-refractivity contribution in [1.29, 1.82) is 10.8 Å². The fraction of sp³-hybridized carbons (Fsp3) is 0.280. The van der Waals surface area contributed by atoms with Crippen LogP contribution in [0.5, 0.6) is 11.5 Å². The number of aryl methyl sites for hydroxylation is 1. The molecule has 1 unspecified atom stereocenters. The molecule has 0 spiro atoms. The highest BCUT2D eigenvalue weighted by Crippen LogP contribution is 2.39. The summed E-state index contributed by atoms with van der Waals surface area (Å²) in [5, 5.41) is 25.4. The number of H-pyrrole nitrogens is 1. The van der Waals surface area contributed by atoms with Gasteiger partial charge in [0.1, 0.15) is 11.9 Å². The lowest BCUT2D eigenvalue weighted by Gasteiger charge is -2.25. The van der Waals surface area contributed by atoms with Gasteiger partial charge in [0.25, 0.3) is 0 Å². The van der Waals surface area contributed by atoms with Crippen molar-refractivity contribution in [1.82, 2.24) is 14.9 Å². The number of methoxy groups -OCH3 is 1. The minimum absolute atomic E-state index is 0.0123. The average molecular weight is 489 g/mol. The molecular weight excluding hydrogens is 460 g/mol. The lowest BCUT2D eigenvalue weighted by Crippen LogP contribution is -2.46. The van der Waals surface area contributed by atoms with Crippen molar-refractivity contribution in [3.05, 3.63) is 81.5 Å². The van der Waals surface area contributed by atoms with Gasteiger partial charge >= 0.3 is 5.69 Å². The Bertz CT molecular complexity index is 1370. The molecule has 11 nitrogen and oxygen atoms in total. The van der Waals surface area contributed by atoms with Crippen molar-refractivity contribution in [2.75, 3.05) is 37.1 Å². The van der Waals surface area contributed by atoms with Gasteiger partial charge in [-0.05, 0) is 66.4 Å². The van der Waals surface area contributed by atoms with Crippen molar-refractivity contribution >= 4 is 17.2 Å². The Kier molecular flexibility index (Phi) is 6.19. The lowest BCUT2D eigenvalue weighted by molar-refractivity contribution is 0.269. The Morgan fingerprint density at radius 2 is 2.11 bits per heavy atom. The van der Waals surface area contributed by atoms with E-state index >= 15 is 0 Å². The predicted molar refractivity (Wildman–Crippen MR) is 137 cm³/mol. The molecule has 0 amide bonds. The van der Waals surface area contributed by atoms with Gasteiger partial charge in [-0.3, -0.25) is 15.4 Å². The zero-order valence-electron chi connectivity index (χ0n) is 19.9. The standard InChI is InChI=1S/C25H28N8O3/c1-35-20-13-17(12-16-4-3-11-36-22(16)20)21(29-19-8-6-15(7-9-19)23(27)28)24-30-25(34)33(31-24)32-10-2-5-18(26)14-32/h2,5-9,12-13,21,26,29H,3-4,10-11,14H2,1H3,(H3,27,28)(H,30,31,34). The summed E-state index contributed by atoms with van der Waals surface area (Å²) in [5.74, 6) is 1.77. The van der Waals surface area contributed by atoms with Gasteiger partial charge in [-0.1, -0.05) is 6.08 Å². The number of nitrogens with two attached hydrogens (primary N) is 1. The van der Waals surface area contributed by atoms with Crippen LogP contribution in [0.3, 0.4) is 0 Å². The first-order chi connectivity index (χ1) is 17.4. The average Bonchev–Trinajstić information content (AvgIpc) is 3.28. The molecule has 3 aromatic rings. The molecule has 0 saturated heterocycles. The highest BCUT2D eigenvalue weighted by atomic mass is 16.5. The number of aromatic amines is 1. The summed E-state index contributed by atoms with van der Waals surface area (Å²) in [5.41, 5.74) is 8.87. The van der Waals surface area contributed by atoms with E-state index < -0.39 is 6.04 Å². The summed E-state index contributed by atoms with van der Waals surface area (Å²) in [6, 6.07) is 10.6. The number of benzene rings is 2. The van der Waals surface area contributed by atoms with E-state index in [2.05, 4.69) is 21.5 Å². The number of anilines is 1. The van der Waals surface area contributed by atoms with E-state index in [9.17, 15) is 4.79 Å². The first kappa shape index (κ1) is 23.2. The molecule has 0 fully saturated rings. The molecule has 1 atom stereocenters. The van der Waals surface area contributed by atoms with E-state index in [4.69, 9.17) is 26.0 Å². The Balaban J connectivity index is 1.57. The Morgan fingerprint density at radius 3 is 2.83 bits per heavy atom. The minimum atomic E-state index is -0.525. The maximum atomic E-state index is 12.9. The van der Waals surface area contributed by atoms with E-state index in [1.807, 2.05) is 24.3 Å². The minimum Gasteiger partial charge on any atom is -0.493 e. The Hall–Kier alpha value is -4.54. The molecular formula is C25H28N8O3. The van der Waals surface area contributed by atoms with Crippen LogP contribution in [0.25, 0.3) is 0 Å². The highest BCUT2D eigenvalue weighted by Gasteiger charge is 2.26. The number of nitrogens with one attached hydrogen (secondary N) is 4. The van der Waals surface area contributed by atoms with Gasteiger partial charge in [0.15, 0.2) is 17.3 Å². The van der Waals surface area contributed by atoms with Gasteiger partial charge in [-0.25, -0.2) is 4.79 Å². The van der Waals surface area contributed by atoms with E-state index in [0.29, 0.717) is 36.0 Å². The summed E-state index contributed by atoms with van der Waals surface area (Å²) in [4.78, 5) is 17.1. The van der Waals surface area contributed by atoms with Crippen LogP contribution in [-0.2, 0) is 6.42 Å². The molecule has 0 radical (unpaired) electrons. The van der Waals surface area contributed by atoms with Gasteiger partial charge in [0.2, 0.25) is 0 Å². The van der Waals surface area contributed by atoms with Crippen LogP contribution < -0.4 is 31.2 Å². The van der Waals surface area contributed by atoms with Crippen LogP contribution in [-0.4, -0.2) is 53.2 Å². The molecule has 2 aromatic carbocycles. The maximum Gasteiger partial charge on any atom is 0.363 e. The van der Waals surface area contributed by atoms with Gasteiger partial charge < -0.3 is 25.9 Å². The normalized spacial score (nSPS) is 15.7. The van der Waals surface area contributed by atoms with Crippen LogP contribution in [0.4, 0.5) is 5.69 Å². The molecule has 36 heavy (non-hydrogen) atoms. The summed E-state index contributed by atoms with van der Waals surface area (Å²) in [6.45, 7) is 1.40. The second-order valence-corrected chi connectivity index (χ2v) is 8.71. The number of aromatic nitrogens is 3. The molecule has 2 aliphatic heterocycles. The third kappa shape index (κ3) is 4.54. The van der Waals surface area contributed by atoms with E-state index in [-0.39, 0.29) is 18.1 Å². The van der Waals surface area contributed by atoms with E-state index in [0.717, 1.165) is 35.4 Å². The van der Waals surface area contributed by atoms with Crippen molar-refractivity contribution in [2.45, 2.75) is 18.9 Å². The molecule has 2 aliphatic rings. The molecule has 5 rings (SSSR count). The predicted octanol–water partition coefficient (Wildman–Crippen LogP) is 1.92. The van der Waals surface area contributed by atoms with Crippen molar-refractivity contribution in [3.8, 4) is 11.5 Å². The first-order valence-corrected chi connectivity index (χ1v) is 11.7. The Morgan fingerprint density at radius 1 is 1.31 bits per heavy atom. The fourth-order valence-corrected chi connectivity index (χ4v) is 4.44. The highest BCUT2D eigenvalue weighted by molar-refractivity contribution is 5.96. The zero-order chi connectivity index (χ0) is 25.2. The lowest BCUT2D eigenvalue weighted by atomic mass is 9.97. The molecule has 11 heteroatoms. The maximum absolute atomic E-state index is 12.9. The van der Waals surface area contributed by atoms with Crippen LogP contribution in [0.1, 0.15) is 35.0 Å². The number of nitrogens with zero attached hydrogens (tertiary/aromatic N) is 3. The molecule has 6 N–H and O–H groups in total. The summed E-state index contributed by atoms with van der Waals surface area (Å²) < 4.78 is 11.5. The van der Waals surface area contributed by atoms with Crippen LogP contribution in [0.15, 0.2) is 53.3 Å². The van der Waals surface area contributed by atoms with Gasteiger partial charge in [-0.2, -0.15) is 0 Å². The largest absolute Gasteiger partial charge is 0.493 e. The van der Waals surface area contributed by atoms with Crippen molar-refractivity contribution in [2.24, 2.45) is 5.73 Å². The van der Waals surface area contributed by atoms with E-state index in [1.165, 1.54) is 4.79 Å². The molecule has 3 heterocycles. The molecule has 0 aliphatic carbocycles. The quantitative estimate of drug-likeness (QED) is 0.251. The van der Waals surface area contributed by atoms with Crippen LogP contribution in [0, 0.1) is 10.8 Å². The molecule has 0 saturated carbocycles. The first-order valence-electron chi connectivity index (χ1n) is 11.7. The number of amidine groups is 1. The smallest absolute Gasteiger partial charge is 0.363 e. The third-order valence-corrected chi connectivity index (χ3v) is 6.20. The second kappa shape index (κ2) is 9.61. The van der Waals surface area contributed by atoms with Crippen molar-refractivity contribution in [3.63, 3.8) is 0 Å². The van der Waals surface area contributed by atoms with Gasteiger partial charge in [0.05, 0.1) is 32.5 Å². The number of hydrogen-bond acceptors (Lipinski definition) is 8. The van der Waals surface area contributed by atoms with E-state index in [1.54, 1.807) is 30.3 Å². The molecule has 186 valence electrons. The zero-order valence-corrected chi connectivity index (χ0v) is 19.9. The molecule has 0 bridgehead atoms. The van der Waals surface area contributed by atoms with Gasteiger partial charge in [-0.15, -0.1) is 9.89 Å². The number of rotatable bonds is 7. The Labute approximate surface area is 207 Å². The topological polar surface area (TPSA) is 158 Å². The van der Waals surface area contributed by atoms with Crippen molar-refractivity contribution < 1.29 is 9.47 Å².